The second-order valence-corrected chi connectivity index (χ2v) is 5.76. The number of nitrogens with zero attached hydrogens (tertiary/aromatic N) is 1. The van der Waals surface area contributed by atoms with Gasteiger partial charge in [0.15, 0.2) is 0 Å². The Hall–Kier alpha value is -2.15. The summed E-state index contributed by atoms with van der Waals surface area (Å²) in [6.45, 7) is -2.61. The molecule has 122 valence electrons. The quantitative estimate of drug-likeness (QED) is 0.845. The molecule has 1 N–H and O–H groups in total. The number of carbonyl (C=O) groups excluding carboxylic acids is 1. The van der Waals surface area contributed by atoms with Gasteiger partial charge in [0.2, 0.25) is 0 Å². The second kappa shape index (κ2) is 7.41. The van der Waals surface area contributed by atoms with Crippen molar-refractivity contribution in [3.8, 4) is 11.5 Å². The highest BCUT2D eigenvalue weighted by Crippen LogP contribution is 2.24. The number of ether oxygens (including phenoxy) is 1. The van der Waals surface area contributed by atoms with Gasteiger partial charge in [-0.2, -0.15) is 8.78 Å². The van der Waals surface area contributed by atoms with Gasteiger partial charge in [0, 0.05) is 18.1 Å². The van der Waals surface area contributed by atoms with E-state index in [1.165, 1.54) is 29.2 Å². The monoisotopic (exact) mass is 385 g/mol. The van der Waals surface area contributed by atoms with Crippen molar-refractivity contribution >= 4 is 21.8 Å². The van der Waals surface area contributed by atoms with E-state index in [0.717, 1.165) is 5.56 Å². The number of aromatic hydroxyl groups is 1. The lowest BCUT2D eigenvalue weighted by molar-refractivity contribution is -0.0498. The molecule has 7 heteroatoms. The number of rotatable bonds is 5. The van der Waals surface area contributed by atoms with Crippen molar-refractivity contribution in [3.63, 3.8) is 0 Å². The summed E-state index contributed by atoms with van der Waals surface area (Å²) in [5, 5.41) is 9.78. The first-order valence-corrected chi connectivity index (χ1v) is 7.44. The molecule has 0 unspecified atom stereocenters. The van der Waals surface area contributed by atoms with E-state index < -0.39 is 6.61 Å². The molecule has 4 nitrogen and oxygen atoms in total. The summed E-state index contributed by atoms with van der Waals surface area (Å²) in [6, 6.07) is 10.6. The zero-order valence-electron chi connectivity index (χ0n) is 12.2. The molecule has 0 aliphatic heterocycles. The minimum Gasteiger partial charge on any atom is -0.507 e. The number of hydrogen-bond acceptors (Lipinski definition) is 3. The molecule has 0 atom stereocenters. The zero-order valence-corrected chi connectivity index (χ0v) is 13.8. The van der Waals surface area contributed by atoms with Crippen molar-refractivity contribution in [2.45, 2.75) is 13.2 Å². The average molecular weight is 386 g/mol. The van der Waals surface area contributed by atoms with Gasteiger partial charge in [0.25, 0.3) is 5.91 Å². The molecule has 0 saturated carbocycles. The molecular weight excluding hydrogens is 372 g/mol. The number of phenols is 1. The molecule has 0 radical (unpaired) electrons. The van der Waals surface area contributed by atoms with Gasteiger partial charge in [0.1, 0.15) is 11.5 Å². The number of halogens is 3. The van der Waals surface area contributed by atoms with Crippen molar-refractivity contribution < 1.29 is 23.4 Å². The molecule has 0 aliphatic carbocycles. The van der Waals surface area contributed by atoms with Crippen molar-refractivity contribution in [2.24, 2.45) is 0 Å². The maximum absolute atomic E-state index is 12.4. The Morgan fingerprint density at radius 1 is 1.26 bits per heavy atom. The summed E-state index contributed by atoms with van der Waals surface area (Å²) in [5.74, 6) is -0.398. The molecule has 1 amide bonds. The van der Waals surface area contributed by atoms with E-state index in [-0.39, 0.29) is 29.5 Å². The SMILES string of the molecule is CN(Cc1ccc(OC(F)F)cc1)C(=O)c1cc(Br)ccc1O. The fourth-order valence-corrected chi connectivity index (χ4v) is 2.37. The van der Waals surface area contributed by atoms with Gasteiger partial charge >= 0.3 is 6.61 Å². The van der Waals surface area contributed by atoms with E-state index in [0.29, 0.717) is 4.47 Å². The minimum absolute atomic E-state index is 0.0577. The summed E-state index contributed by atoms with van der Waals surface area (Å²) in [5.41, 5.74) is 0.927. The Kier molecular flexibility index (Phi) is 5.54. The predicted molar refractivity (Wildman–Crippen MR) is 84.7 cm³/mol. The van der Waals surface area contributed by atoms with Crippen molar-refractivity contribution in [1.29, 1.82) is 0 Å². The summed E-state index contributed by atoms with van der Waals surface area (Å²) in [7, 11) is 1.59. The molecule has 0 fully saturated rings. The lowest BCUT2D eigenvalue weighted by Crippen LogP contribution is -2.26. The Labute approximate surface area is 140 Å². The number of benzene rings is 2. The highest BCUT2D eigenvalue weighted by atomic mass is 79.9. The van der Waals surface area contributed by atoms with Crippen LogP contribution in [0, 0.1) is 0 Å². The first-order chi connectivity index (χ1) is 10.9. The van der Waals surface area contributed by atoms with Gasteiger partial charge in [0.05, 0.1) is 5.56 Å². The smallest absolute Gasteiger partial charge is 0.387 e. The number of alkyl halides is 2. The minimum atomic E-state index is -2.87. The molecule has 0 heterocycles. The van der Waals surface area contributed by atoms with Gasteiger partial charge < -0.3 is 14.7 Å². The number of carbonyl (C=O) groups is 1. The summed E-state index contributed by atoms with van der Waals surface area (Å²) in [4.78, 5) is 13.8. The van der Waals surface area contributed by atoms with Crippen molar-refractivity contribution in [1.82, 2.24) is 4.90 Å². The maximum atomic E-state index is 12.4. The van der Waals surface area contributed by atoms with Crippen LogP contribution in [0.15, 0.2) is 46.9 Å². The van der Waals surface area contributed by atoms with E-state index in [4.69, 9.17) is 0 Å². The summed E-state index contributed by atoms with van der Waals surface area (Å²) in [6.07, 6.45) is 0. The molecule has 2 rings (SSSR count). The Balaban J connectivity index is 2.07. The first kappa shape index (κ1) is 17.2. The molecular formula is C16H14BrF2NO3. The average Bonchev–Trinajstić information content (AvgIpc) is 2.50. The second-order valence-electron chi connectivity index (χ2n) is 4.85. The van der Waals surface area contributed by atoms with Crippen LogP contribution in [-0.2, 0) is 6.54 Å². The summed E-state index contributed by atoms with van der Waals surface area (Å²) >= 11 is 3.25. The summed E-state index contributed by atoms with van der Waals surface area (Å²) < 4.78 is 29.1. The van der Waals surface area contributed by atoms with Gasteiger partial charge in [-0.05, 0) is 35.9 Å². The van der Waals surface area contributed by atoms with Crippen LogP contribution < -0.4 is 4.74 Å². The van der Waals surface area contributed by atoms with Gasteiger partial charge in [-0.3, -0.25) is 4.79 Å². The molecule has 0 spiro atoms. The van der Waals surface area contributed by atoms with Gasteiger partial charge in [-0.25, -0.2) is 0 Å². The Morgan fingerprint density at radius 3 is 2.52 bits per heavy atom. The fraction of sp³-hybridized carbons (Fsp3) is 0.188. The fourth-order valence-electron chi connectivity index (χ4n) is 2.01. The predicted octanol–water partition coefficient (Wildman–Crippen LogP) is 4.03. The van der Waals surface area contributed by atoms with E-state index in [2.05, 4.69) is 20.7 Å². The molecule has 0 bridgehead atoms. The normalized spacial score (nSPS) is 10.7. The van der Waals surface area contributed by atoms with E-state index in [1.54, 1.807) is 25.2 Å². The first-order valence-electron chi connectivity index (χ1n) is 6.64. The molecule has 2 aromatic rings. The zero-order chi connectivity index (χ0) is 17.0. The molecule has 23 heavy (non-hydrogen) atoms. The van der Waals surface area contributed by atoms with Crippen molar-refractivity contribution in [3.05, 3.63) is 58.1 Å². The van der Waals surface area contributed by atoms with E-state index >= 15 is 0 Å². The molecule has 2 aromatic carbocycles. The molecule has 0 aromatic heterocycles. The largest absolute Gasteiger partial charge is 0.507 e. The maximum Gasteiger partial charge on any atom is 0.387 e. The van der Waals surface area contributed by atoms with Gasteiger partial charge in [-0.1, -0.05) is 28.1 Å². The third-order valence-electron chi connectivity index (χ3n) is 3.10. The lowest BCUT2D eigenvalue weighted by atomic mass is 10.1. The highest BCUT2D eigenvalue weighted by Gasteiger charge is 2.16. The Morgan fingerprint density at radius 2 is 1.91 bits per heavy atom. The topological polar surface area (TPSA) is 49.8 Å². The third-order valence-corrected chi connectivity index (χ3v) is 3.60. The number of hydrogen-bond donors (Lipinski definition) is 1. The van der Waals surface area contributed by atoms with Crippen molar-refractivity contribution in [2.75, 3.05) is 7.05 Å². The molecule has 0 saturated heterocycles. The van der Waals surface area contributed by atoms with Crippen LogP contribution in [0.4, 0.5) is 8.78 Å². The van der Waals surface area contributed by atoms with Crippen LogP contribution >= 0.6 is 15.9 Å². The number of phenolic OH excluding ortho intramolecular Hbond substituents is 1. The van der Waals surface area contributed by atoms with Crippen LogP contribution in [0.25, 0.3) is 0 Å². The highest BCUT2D eigenvalue weighted by molar-refractivity contribution is 9.10. The van der Waals surface area contributed by atoms with Crippen LogP contribution in [0.5, 0.6) is 11.5 Å². The number of amides is 1. The van der Waals surface area contributed by atoms with Crippen LogP contribution in [0.2, 0.25) is 0 Å². The van der Waals surface area contributed by atoms with Crippen LogP contribution in [0.1, 0.15) is 15.9 Å². The van der Waals surface area contributed by atoms with Crippen LogP contribution in [-0.4, -0.2) is 29.6 Å². The van der Waals surface area contributed by atoms with Crippen LogP contribution in [0.3, 0.4) is 0 Å². The van der Waals surface area contributed by atoms with Gasteiger partial charge in [-0.15, -0.1) is 0 Å². The Bertz CT molecular complexity index is 692. The third kappa shape index (κ3) is 4.66. The standard InChI is InChI=1S/C16H14BrF2NO3/c1-20(15(22)13-8-11(17)4-7-14(13)21)9-10-2-5-12(6-3-10)23-16(18)19/h2-8,16,21H,9H2,1H3. The van der Waals surface area contributed by atoms with E-state index in [1.807, 2.05) is 0 Å². The van der Waals surface area contributed by atoms with E-state index in [9.17, 15) is 18.7 Å². The lowest BCUT2D eigenvalue weighted by Gasteiger charge is -2.18. The molecule has 0 aliphatic rings.